The van der Waals surface area contributed by atoms with Crippen molar-refractivity contribution in [3.05, 3.63) is 12.2 Å². The van der Waals surface area contributed by atoms with E-state index in [0.29, 0.717) is 12.5 Å². The fourth-order valence-electron chi connectivity index (χ4n) is 0.443. The van der Waals surface area contributed by atoms with Crippen molar-refractivity contribution >= 4 is 0 Å². The zero-order chi connectivity index (χ0) is 7.82. The SMILES string of the molecule is CCCCC#CC=C(F)F. The zero-order valence-corrected chi connectivity index (χ0v) is 5.95. The van der Waals surface area contributed by atoms with Gasteiger partial charge in [-0.25, -0.2) is 0 Å². The van der Waals surface area contributed by atoms with Gasteiger partial charge in [0.1, 0.15) is 0 Å². The standard InChI is InChI=1S/C8H10F2/c1-2-3-4-5-6-7-8(9)10/h7H,2-4H2,1H3. The first-order chi connectivity index (χ1) is 4.77. The molecule has 0 aromatic rings. The second-order valence-electron chi connectivity index (χ2n) is 1.86. The predicted octanol–water partition coefficient (Wildman–Crippen LogP) is 2.96. The largest absolute Gasteiger partial charge is 0.278 e. The molecule has 10 heavy (non-hydrogen) atoms. The molecule has 0 aliphatic rings. The number of rotatable bonds is 2. The van der Waals surface area contributed by atoms with Crippen LogP contribution in [0.1, 0.15) is 26.2 Å². The number of allylic oxidation sites excluding steroid dienone is 1. The van der Waals surface area contributed by atoms with Crippen molar-refractivity contribution < 1.29 is 8.78 Å². The van der Waals surface area contributed by atoms with Gasteiger partial charge in [0.05, 0.1) is 6.08 Å². The fourth-order valence-corrected chi connectivity index (χ4v) is 0.443. The molecule has 0 aliphatic heterocycles. The summed E-state index contributed by atoms with van der Waals surface area (Å²) in [6, 6.07) is 0. The molecule has 0 fully saturated rings. The highest BCUT2D eigenvalue weighted by Crippen LogP contribution is 1.94. The highest BCUT2D eigenvalue weighted by atomic mass is 19.3. The van der Waals surface area contributed by atoms with Gasteiger partial charge in [0.15, 0.2) is 0 Å². The van der Waals surface area contributed by atoms with E-state index in [0.717, 1.165) is 12.8 Å². The Morgan fingerprint density at radius 1 is 1.50 bits per heavy atom. The van der Waals surface area contributed by atoms with E-state index < -0.39 is 6.08 Å². The second kappa shape index (κ2) is 6.28. The molecule has 0 heterocycles. The number of unbranched alkanes of at least 4 members (excludes halogenated alkanes) is 2. The first-order valence-corrected chi connectivity index (χ1v) is 3.27. The quantitative estimate of drug-likeness (QED) is 0.413. The molecule has 0 aliphatic carbocycles. The summed E-state index contributed by atoms with van der Waals surface area (Å²) in [7, 11) is 0. The van der Waals surface area contributed by atoms with Gasteiger partial charge in [-0.2, -0.15) is 8.78 Å². The van der Waals surface area contributed by atoms with Crippen molar-refractivity contribution in [3.8, 4) is 11.8 Å². The van der Waals surface area contributed by atoms with Crippen LogP contribution in [0.15, 0.2) is 12.2 Å². The number of hydrogen-bond donors (Lipinski definition) is 0. The summed E-state index contributed by atoms with van der Waals surface area (Å²) in [6.07, 6.45) is 1.66. The van der Waals surface area contributed by atoms with E-state index in [9.17, 15) is 8.78 Å². The molecule has 0 nitrogen and oxygen atoms in total. The Balaban J connectivity index is 3.41. The lowest BCUT2D eigenvalue weighted by atomic mass is 10.2. The molecule has 0 atom stereocenters. The number of halogens is 2. The summed E-state index contributed by atoms with van der Waals surface area (Å²) >= 11 is 0. The van der Waals surface area contributed by atoms with Gasteiger partial charge < -0.3 is 0 Å². The third-order valence-electron chi connectivity index (χ3n) is 0.939. The average Bonchev–Trinajstić information content (AvgIpc) is 1.87. The van der Waals surface area contributed by atoms with E-state index in [2.05, 4.69) is 11.8 Å². The molecule has 0 aromatic carbocycles. The minimum atomic E-state index is -1.72. The Hall–Kier alpha value is -0.840. The molecule has 0 saturated heterocycles. The Morgan fingerprint density at radius 2 is 2.20 bits per heavy atom. The Kier molecular flexibility index (Phi) is 5.75. The van der Waals surface area contributed by atoms with Crippen molar-refractivity contribution in [1.29, 1.82) is 0 Å². The van der Waals surface area contributed by atoms with Crippen LogP contribution >= 0.6 is 0 Å². The average molecular weight is 144 g/mol. The topological polar surface area (TPSA) is 0 Å². The van der Waals surface area contributed by atoms with Crippen LogP contribution in [0.4, 0.5) is 8.78 Å². The molecule has 0 rings (SSSR count). The lowest BCUT2D eigenvalue weighted by Crippen LogP contribution is -1.65. The van der Waals surface area contributed by atoms with E-state index in [-0.39, 0.29) is 0 Å². The molecule has 56 valence electrons. The van der Waals surface area contributed by atoms with Crippen LogP contribution in [0.3, 0.4) is 0 Å². The van der Waals surface area contributed by atoms with Crippen molar-refractivity contribution in [2.75, 3.05) is 0 Å². The second-order valence-corrected chi connectivity index (χ2v) is 1.86. The molecule has 0 bridgehead atoms. The van der Waals surface area contributed by atoms with Crippen LogP contribution < -0.4 is 0 Å². The normalized spacial score (nSPS) is 7.90. The monoisotopic (exact) mass is 144 g/mol. The van der Waals surface area contributed by atoms with Gasteiger partial charge in [0.2, 0.25) is 0 Å². The highest BCUT2D eigenvalue weighted by Gasteiger charge is 1.80. The van der Waals surface area contributed by atoms with Gasteiger partial charge in [-0.3, -0.25) is 0 Å². The highest BCUT2D eigenvalue weighted by molar-refractivity contribution is 5.15. The molecular formula is C8H10F2. The van der Waals surface area contributed by atoms with Gasteiger partial charge in [-0.15, -0.1) is 0 Å². The van der Waals surface area contributed by atoms with Crippen molar-refractivity contribution in [3.63, 3.8) is 0 Å². The summed E-state index contributed by atoms with van der Waals surface area (Å²) in [6.45, 7) is 2.03. The van der Waals surface area contributed by atoms with Crippen LogP contribution in [0, 0.1) is 11.8 Å². The Bertz CT molecular complexity index is 156. The Morgan fingerprint density at radius 3 is 2.70 bits per heavy atom. The van der Waals surface area contributed by atoms with Gasteiger partial charge in [0.25, 0.3) is 6.08 Å². The van der Waals surface area contributed by atoms with Crippen LogP contribution in [0.5, 0.6) is 0 Å². The maximum atomic E-state index is 11.3. The summed E-state index contributed by atoms with van der Waals surface area (Å²) in [5, 5.41) is 0. The van der Waals surface area contributed by atoms with Gasteiger partial charge in [0, 0.05) is 6.42 Å². The zero-order valence-electron chi connectivity index (χ0n) is 5.95. The molecule has 2 heteroatoms. The first-order valence-electron chi connectivity index (χ1n) is 3.27. The molecular weight excluding hydrogens is 134 g/mol. The number of hydrogen-bond acceptors (Lipinski definition) is 0. The molecule has 0 amide bonds. The summed E-state index contributed by atoms with van der Waals surface area (Å²) in [4.78, 5) is 0. The summed E-state index contributed by atoms with van der Waals surface area (Å²) < 4.78 is 22.6. The molecule has 0 N–H and O–H groups in total. The third kappa shape index (κ3) is 7.16. The van der Waals surface area contributed by atoms with Crippen LogP contribution in [-0.4, -0.2) is 0 Å². The minimum absolute atomic E-state index is 0.635. The van der Waals surface area contributed by atoms with Gasteiger partial charge in [-0.05, 0) is 6.42 Å². The van der Waals surface area contributed by atoms with E-state index in [1.165, 1.54) is 0 Å². The molecule has 0 spiro atoms. The van der Waals surface area contributed by atoms with Crippen LogP contribution in [-0.2, 0) is 0 Å². The minimum Gasteiger partial charge on any atom is -0.173 e. The van der Waals surface area contributed by atoms with Gasteiger partial charge in [-0.1, -0.05) is 25.2 Å². The van der Waals surface area contributed by atoms with E-state index >= 15 is 0 Å². The third-order valence-corrected chi connectivity index (χ3v) is 0.939. The summed E-state index contributed by atoms with van der Waals surface area (Å²) in [5.74, 6) is 4.87. The van der Waals surface area contributed by atoms with Gasteiger partial charge >= 0.3 is 0 Å². The van der Waals surface area contributed by atoms with E-state index in [4.69, 9.17) is 0 Å². The predicted molar refractivity (Wildman–Crippen MR) is 37.6 cm³/mol. The smallest absolute Gasteiger partial charge is 0.173 e. The molecule has 0 radical (unpaired) electrons. The molecule has 0 unspecified atom stereocenters. The fraction of sp³-hybridized carbons (Fsp3) is 0.500. The van der Waals surface area contributed by atoms with Crippen LogP contribution in [0.25, 0.3) is 0 Å². The first kappa shape index (κ1) is 9.16. The van der Waals surface area contributed by atoms with E-state index in [1.54, 1.807) is 0 Å². The van der Waals surface area contributed by atoms with Crippen molar-refractivity contribution in [2.24, 2.45) is 0 Å². The maximum absolute atomic E-state index is 11.3. The molecule has 0 saturated carbocycles. The van der Waals surface area contributed by atoms with Crippen molar-refractivity contribution in [2.45, 2.75) is 26.2 Å². The van der Waals surface area contributed by atoms with E-state index in [1.807, 2.05) is 6.92 Å². The lowest BCUT2D eigenvalue weighted by Gasteiger charge is -1.81. The van der Waals surface area contributed by atoms with Crippen molar-refractivity contribution in [1.82, 2.24) is 0 Å². The lowest BCUT2D eigenvalue weighted by molar-refractivity contribution is 0.422. The maximum Gasteiger partial charge on any atom is 0.278 e. The molecule has 0 aromatic heterocycles. The Labute approximate surface area is 59.9 Å². The summed E-state index contributed by atoms with van der Waals surface area (Å²) in [5.41, 5.74) is 0. The van der Waals surface area contributed by atoms with Crippen LogP contribution in [0.2, 0.25) is 0 Å².